The molecule has 196 valence electrons. The van der Waals surface area contributed by atoms with Gasteiger partial charge in [-0.2, -0.15) is 0 Å². The Balaban J connectivity index is 1.38. The van der Waals surface area contributed by atoms with Crippen LogP contribution in [-0.4, -0.2) is 19.2 Å². The first-order valence-corrected chi connectivity index (χ1v) is 12.8. The van der Waals surface area contributed by atoms with Gasteiger partial charge in [0.05, 0.1) is 0 Å². The van der Waals surface area contributed by atoms with E-state index in [4.69, 9.17) is 18.9 Å². The lowest BCUT2D eigenvalue weighted by atomic mass is 9.87. The molecule has 4 aromatic carbocycles. The molecule has 5 heteroatoms. The number of ether oxygens (including phenoxy) is 4. The Kier molecular flexibility index (Phi) is 9.04. The SMILES string of the molecule is CC(C)(C)c1ccc(OCCOC(=O)c2cc(OCc3ccccc3)ccc2OCc2ccccc2)cc1. The van der Waals surface area contributed by atoms with Gasteiger partial charge >= 0.3 is 5.97 Å². The van der Waals surface area contributed by atoms with Crippen molar-refractivity contribution in [3.63, 3.8) is 0 Å². The van der Waals surface area contributed by atoms with Gasteiger partial charge in [0.1, 0.15) is 49.2 Å². The first kappa shape index (κ1) is 26.8. The highest BCUT2D eigenvalue weighted by Gasteiger charge is 2.17. The molecule has 5 nitrogen and oxygen atoms in total. The number of rotatable bonds is 11. The zero-order chi connectivity index (χ0) is 26.8. The molecule has 4 rings (SSSR count). The molecule has 0 amide bonds. The van der Waals surface area contributed by atoms with Gasteiger partial charge in [0, 0.05) is 0 Å². The molecule has 0 unspecified atom stereocenters. The van der Waals surface area contributed by atoms with Gasteiger partial charge in [0.25, 0.3) is 0 Å². The molecule has 0 fully saturated rings. The van der Waals surface area contributed by atoms with Crippen molar-refractivity contribution in [3.05, 3.63) is 125 Å². The summed E-state index contributed by atoms with van der Waals surface area (Å²) < 4.78 is 23.2. The van der Waals surface area contributed by atoms with Crippen molar-refractivity contribution in [1.82, 2.24) is 0 Å². The maximum absolute atomic E-state index is 13.1. The summed E-state index contributed by atoms with van der Waals surface area (Å²) in [6.07, 6.45) is 0. The summed E-state index contributed by atoms with van der Waals surface area (Å²) in [6, 6.07) is 32.8. The Morgan fingerprint density at radius 1 is 0.632 bits per heavy atom. The molecule has 0 spiro atoms. The highest BCUT2D eigenvalue weighted by Crippen LogP contribution is 2.27. The van der Waals surface area contributed by atoms with Gasteiger partial charge in [-0.25, -0.2) is 4.79 Å². The molecule has 0 N–H and O–H groups in total. The van der Waals surface area contributed by atoms with Crippen molar-refractivity contribution in [2.24, 2.45) is 0 Å². The van der Waals surface area contributed by atoms with Gasteiger partial charge in [-0.15, -0.1) is 0 Å². The van der Waals surface area contributed by atoms with Gasteiger partial charge in [0.2, 0.25) is 0 Å². The van der Waals surface area contributed by atoms with E-state index >= 15 is 0 Å². The van der Waals surface area contributed by atoms with Crippen molar-refractivity contribution >= 4 is 5.97 Å². The molecule has 0 radical (unpaired) electrons. The van der Waals surface area contributed by atoms with Crippen molar-refractivity contribution in [1.29, 1.82) is 0 Å². The maximum atomic E-state index is 13.1. The van der Waals surface area contributed by atoms with E-state index in [1.165, 1.54) is 5.56 Å². The topological polar surface area (TPSA) is 54.0 Å². The Bertz CT molecular complexity index is 1290. The summed E-state index contributed by atoms with van der Waals surface area (Å²) in [5.41, 5.74) is 3.65. The average Bonchev–Trinajstić information content (AvgIpc) is 2.94. The minimum atomic E-state index is -0.495. The molecule has 0 aliphatic rings. The molecule has 38 heavy (non-hydrogen) atoms. The highest BCUT2D eigenvalue weighted by molar-refractivity contribution is 5.93. The van der Waals surface area contributed by atoms with Gasteiger partial charge < -0.3 is 18.9 Å². The smallest absolute Gasteiger partial charge is 0.342 e. The fourth-order valence-corrected chi connectivity index (χ4v) is 3.78. The quantitative estimate of drug-likeness (QED) is 0.156. The van der Waals surface area contributed by atoms with Crippen molar-refractivity contribution in [2.75, 3.05) is 13.2 Å². The van der Waals surface area contributed by atoms with Crippen LogP contribution >= 0.6 is 0 Å². The van der Waals surface area contributed by atoms with Gasteiger partial charge in [-0.05, 0) is 52.4 Å². The second kappa shape index (κ2) is 12.8. The maximum Gasteiger partial charge on any atom is 0.342 e. The summed E-state index contributed by atoms with van der Waals surface area (Å²) in [6.45, 7) is 7.57. The summed E-state index contributed by atoms with van der Waals surface area (Å²) in [4.78, 5) is 13.1. The van der Waals surface area contributed by atoms with E-state index in [-0.39, 0.29) is 18.6 Å². The van der Waals surface area contributed by atoms with E-state index in [1.54, 1.807) is 18.2 Å². The predicted molar refractivity (Wildman–Crippen MR) is 149 cm³/mol. The summed E-state index contributed by atoms with van der Waals surface area (Å²) in [7, 11) is 0. The molecule has 0 atom stereocenters. The largest absolute Gasteiger partial charge is 0.490 e. The standard InChI is InChI=1S/C33H34O5/c1-33(2,3)27-14-16-28(17-15-27)35-20-21-36-32(34)30-22-29(37-23-25-10-6-4-7-11-25)18-19-31(30)38-24-26-12-8-5-9-13-26/h4-19,22H,20-21,23-24H2,1-3H3. The zero-order valence-corrected chi connectivity index (χ0v) is 22.2. The van der Waals surface area contributed by atoms with Crippen molar-refractivity contribution < 1.29 is 23.7 Å². The van der Waals surface area contributed by atoms with Crippen LogP contribution in [-0.2, 0) is 23.4 Å². The van der Waals surface area contributed by atoms with Crippen LogP contribution in [0.4, 0.5) is 0 Å². The summed E-state index contributed by atoms with van der Waals surface area (Å²) >= 11 is 0. The van der Waals surface area contributed by atoms with Gasteiger partial charge in [0.15, 0.2) is 0 Å². The van der Waals surface area contributed by atoms with Crippen molar-refractivity contribution in [2.45, 2.75) is 39.4 Å². The van der Waals surface area contributed by atoms with E-state index in [9.17, 15) is 4.79 Å². The second-order valence-electron chi connectivity index (χ2n) is 9.97. The fraction of sp³-hybridized carbons (Fsp3) is 0.242. The molecule has 4 aromatic rings. The van der Waals surface area contributed by atoms with Gasteiger partial charge in [-0.3, -0.25) is 0 Å². The van der Waals surface area contributed by atoms with E-state index in [0.29, 0.717) is 30.3 Å². The lowest BCUT2D eigenvalue weighted by Gasteiger charge is -2.19. The normalized spacial score (nSPS) is 11.0. The number of carbonyl (C=O) groups is 1. The van der Waals surface area contributed by atoms with Crippen LogP contribution < -0.4 is 14.2 Å². The van der Waals surface area contributed by atoms with Gasteiger partial charge in [-0.1, -0.05) is 93.6 Å². The second-order valence-corrected chi connectivity index (χ2v) is 9.97. The average molecular weight is 511 g/mol. The number of hydrogen-bond acceptors (Lipinski definition) is 5. The molecule has 0 saturated carbocycles. The van der Waals surface area contributed by atoms with E-state index in [1.807, 2.05) is 72.8 Å². The molecular formula is C33H34O5. The van der Waals surface area contributed by atoms with Crippen LogP contribution in [0.3, 0.4) is 0 Å². The lowest BCUT2D eigenvalue weighted by molar-refractivity contribution is 0.0445. The Hall–Kier alpha value is -4.25. The first-order valence-electron chi connectivity index (χ1n) is 12.8. The number of carbonyl (C=O) groups excluding carboxylic acids is 1. The van der Waals surface area contributed by atoms with E-state index in [0.717, 1.165) is 16.9 Å². The number of esters is 1. The van der Waals surface area contributed by atoms with Crippen LogP contribution in [0, 0.1) is 0 Å². The van der Waals surface area contributed by atoms with Crippen LogP contribution in [0.25, 0.3) is 0 Å². The third-order valence-electron chi connectivity index (χ3n) is 5.96. The summed E-state index contributed by atoms with van der Waals surface area (Å²) in [5.74, 6) is 1.23. The van der Waals surface area contributed by atoms with Crippen LogP contribution in [0.1, 0.15) is 47.8 Å². The fourth-order valence-electron chi connectivity index (χ4n) is 3.78. The molecule has 0 aliphatic carbocycles. The minimum Gasteiger partial charge on any atom is -0.490 e. The lowest BCUT2D eigenvalue weighted by Crippen LogP contribution is -2.14. The third kappa shape index (κ3) is 7.87. The molecule has 0 saturated heterocycles. The molecule has 0 bridgehead atoms. The number of benzene rings is 4. The highest BCUT2D eigenvalue weighted by atomic mass is 16.6. The molecule has 0 heterocycles. The molecular weight excluding hydrogens is 476 g/mol. The van der Waals surface area contributed by atoms with E-state index < -0.39 is 5.97 Å². The summed E-state index contributed by atoms with van der Waals surface area (Å²) in [5, 5.41) is 0. The molecule has 0 aromatic heterocycles. The van der Waals surface area contributed by atoms with Crippen LogP contribution in [0.5, 0.6) is 17.2 Å². The monoisotopic (exact) mass is 510 g/mol. The van der Waals surface area contributed by atoms with Crippen LogP contribution in [0.15, 0.2) is 103 Å². The van der Waals surface area contributed by atoms with Crippen molar-refractivity contribution in [3.8, 4) is 17.2 Å². The third-order valence-corrected chi connectivity index (χ3v) is 5.96. The first-order chi connectivity index (χ1) is 18.4. The Morgan fingerprint density at radius 2 is 1.21 bits per heavy atom. The van der Waals surface area contributed by atoms with E-state index in [2.05, 4.69) is 32.9 Å². The Labute approximate surface area is 225 Å². The Morgan fingerprint density at radius 3 is 1.82 bits per heavy atom. The molecule has 0 aliphatic heterocycles. The zero-order valence-electron chi connectivity index (χ0n) is 22.2. The number of hydrogen-bond donors (Lipinski definition) is 0. The minimum absolute atomic E-state index is 0.0771. The van der Waals surface area contributed by atoms with Crippen LogP contribution in [0.2, 0.25) is 0 Å². The predicted octanol–water partition coefficient (Wildman–Crippen LogP) is 7.38.